The van der Waals surface area contributed by atoms with Crippen molar-refractivity contribution in [2.45, 2.75) is 13.5 Å². The number of hydrogen-bond donors (Lipinski definition) is 1. The van der Waals surface area contributed by atoms with Crippen LogP contribution in [-0.2, 0) is 16.1 Å². The van der Waals surface area contributed by atoms with E-state index in [9.17, 15) is 14.4 Å². The van der Waals surface area contributed by atoms with Gasteiger partial charge in [-0.1, -0.05) is 47.1 Å². The van der Waals surface area contributed by atoms with Gasteiger partial charge in [0.25, 0.3) is 11.4 Å². The first-order valence-corrected chi connectivity index (χ1v) is 10.0. The maximum Gasteiger partial charge on any atom is 0.339 e. The first-order chi connectivity index (χ1) is 16.0. The number of aromatic nitrogens is 3. The van der Waals surface area contributed by atoms with E-state index in [1.165, 1.54) is 23.9 Å². The van der Waals surface area contributed by atoms with Crippen molar-refractivity contribution in [3.05, 3.63) is 88.3 Å². The second kappa shape index (κ2) is 9.31. The Morgan fingerprint density at radius 3 is 2.58 bits per heavy atom. The number of carbonyl (C=O) groups is 2. The van der Waals surface area contributed by atoms with E-state index in [1.54, 1.807) is 30.3 Å². The van der Waals surface area contributed by atoms with E-state index in [0.717, 1.165) is 11.1 Å². The van der Waals surface area contributed by atoms with Crippen LogP contribution in [0.1, 0.15) is 15.9 Å². The third-order valence-corrected chi connectivity index (χ3v) is 4.91. The van der Waals surface area contributed by atoms with E-state index in [-0.39, 0.29) is 29.2 Å². The zero-order valence-corrected chi connectivity index (χ0v) is 17.9. The topological polar surface area (TPSA) is 116 Å². The van der Waals surface area contributed by atoms with Crippen molar-refractivity contribution < 1.29 is 18.8 Å². The lowest BCUT2D eigenvalue weighted by molar-refractivity contribution is -0.116. The molecule has 166 valence electrons. The summed E-state index contributed by atoms with van der Waals surface area (Å²) in [5, 5.41) is 6.60. The first-order valence-electron chi connectivity index (χ1n) is 10.0. The monoisotopic (exact) mass is 444 g/mol. The summed E-state index contributed by atoms with van der Waals surface area (Å²) in [6, 6.07) is 17.2. The summed E-state index contributed by atoms with van der Waals surface area (Å²) < 4.78 is 11.3. The average Bonchev–Trinajstić information content (AvgIpc) is 3.31. The lowest BCUT2D eigenvalue weighted by Gasteiger charge is -2.11. The fraction of sp³-hybridized carbons (Fsp3) is 0.125. The third kappa shape index (κ3) is 4.72. The van der Waals surface area contributed by atoms with Gasteiger partial charge in [0, 0.05) is 11.8 Å². The molecule has 4 rings (SSSR count). The molecule has 0 unspecified atom stereocenters. The van der Waals surface area contributed by atoms with Gasteiger partial charge < -0.3 is 19.1 Å². The Morgan fingerprint density at radius 1 is 1.06 bits per heavy atom. The fourth-order valence-electron chi connectivity index (χ4n) is 3.20. The number of esters is 1. The second-order valence-electron chi connectivity index (χ2n) is 7.23. The van der Waals surface area contributed by atoms with Crippen LogP contribution in [0.5, 0.6) is 0 Å². The molecular weight excluding hydrogens is 424 g/mol. The van der Waals surface area contributed by atoms with Crippen LogP contribution in [0.2, 0.25) is 0 Å². The molecule has 0 saturated heterocycles. The van der Waals surface area contributed by atoms with Crippen molar-refractivity contribution in [3.63, 3.8) is 0 Å². The van der Waals surface area contributed by atoms with Gasteiger partial charge >= 0.3 is 5.97 Å². The van der Waals surface area contributed by atoms with Gasteiger partial charge in [-0.15, -0.1) is 0 Å². The summed E-state index contributed by atoms with van der Waals surface area (Å²) in [5.41, 5.74) is 2.07. The first kappa shape index (κ1) is 21.7. The highest BCUT2D eigenvalue weighted by Gasteiger charge is 2.17. The normalized spacial score (nSPS) is 10.6. The highest BCUT2D eigenvalue weighted by molar-refractivity contribution is 6.01. The number of anilines is 1. The molecule has 1 amide bonds. The van der Waals surface area contributed by atoms with Crippen LogP contribution in [0.25, 0.3) is 22.8 Å². The van der Waals surface area contributed by atoms with Crippen LogP contribution < -0.4 is 10.9 Å². The van der Waals surface area contributed by atoms with Gasteiger partial charge in [0.2, 0.25) is 11.7 Å². The maximum absolute atomic E-state index is 13.0. The maximum atomic E-state index is 13.0. The minimum Gasteiger partial charge on any atom is -0.465 e. The Morgan fingerprint density at radius 2 is 1.82 bits per heavy atom. The van der Waals surface area contributed by atoms with Crippen molar-refractivity contribution in [1.29, 1.82) is 0 Å². The Bertz CT molecular complexity index is 1370. The standard InChI is InChI=1S/C24H20N4O5/c1-15-9-11-16(12-10-15)21-26-22(33-27-21)18-7-5-13-28(23(18)30)14-20(29)25-19-8-4-3-6-17(19)24(31)32-2/h3-13H,14H2,1-2H3,(H,25,29). The molecule has 1 N–H and O–H groups in total. The predicted molar refractivity (Wildman–Crippen MR) is 121 cm³/mol. The van der Waals surface area contributed by atoms with Gasteiger partial charge in [0.15, 0.2) is 0 Å². The van der Waals surface area contributed by atoms with Crippen molar-refractivity contribution in [2.75, 3.05) is 12.4 Å². The van der Waals surface area contributed by atoms with E-state index >= 15 is 0 Å². The van der Waals surface area contributed by atoms with Crippen molar-refractivity contribution in [3.8, 4) is 22.8 Å². The Kier molecular flexibility index (Phi) is 6.12. The minimum absolute atomic E-state index is 0.0568. The molecule has 0 bridgehead atoms. The van der Waals surface area contributed by atoms with Crippen LogP contribution in [0.15, 0.2) is 76.2 Å². The zero-order chi connectivity index (χ0) is 23.4. The molecule has 2 aromatic heterocycles. The lowest BCUT2D eigenvalue weighted by Crippen LogP contribution is -2.28. The van der Waals surface area contributed by atoms with Gasteiger partial charge in [0.05, 0.1) is 18.4 Å². The molecule has 0 fully saturated rings. The molecule has 4 aromatic rings. The van der Waals surface area contributed by atoms with Crippen molar-refractivity contribution >= 4 is 17.6 Å². The van der Waals surface area contributed by atoms with Crippen LogP contribution >= 0.6 is 0 Å². The highest BCUT2D eigenvalue weighted by Crippen LogP contribution is 2.20. The lowest BCUT2D eigenvalue weighted by atomic mass is 10.1. The summed E-state index contributed by atoms with van der Waals surface area (Å²) in [6.07, 6.45) is 1.48. The average molecular weight is 444 g/mol. The molecular formula is C24H20N4O5. The number of rotatable bonds is 6. The molecule has 2 heterocycles. The molecule has 0 radical (unpaired) electrons. The van der Waals surface area contributed by atoms with Crippen molar-refractivity contribution in [1.82, 2.24) is 14.7 Å². The molecule has 0 spiro atoms. The van der Waals surface area contributed by atoms with Crippen LogP contribution in [0, 0.1) is 6.92 Å². The number of nitrogens with one attached hydrogen (secondary N) is 1. The summed E-state index contributed by atoms with van der Waals surface area (Å²) >= 11 is 0. The fourth-order valence-corrected chi connectivity index (χ4v) is 3.20. The molecule has 2 aromatic carbocycles. The molecule has 0 aliphatic heterocycles. The predicted octanol–water partition coefficient (Wildman–Crippen LogP) is 3.30. The summed E-state index contributed by atoms with van der Waals surface area (Å²) in [5.74, 6) is -0.652. The zero-order valence-electron chi connectivity index (χ0n) is 17.9. The van der Waals surface area contributed by atoms with Gasteiger partial charge in [-0.3, -0.25) is 9.59 Å². The minimum atomic E-state index is -0.578. The molecule has 0 saturated carbocycles. The van der Waals surface area contributed by atoms with Crippen LogP contribution in [0.4, 0.5) is 5.69 Å². The SMILES string of the molecule is COC(=O)c1ccccc1NC(=O)Cn1cccc(-c2nc(-c3ccc(C)cc3)no2)c1=O. The Labute approximate surface area is 188 Å². The van der Waals surface area contributed by atoms with E-state index in [0.29, 0.717) is 5.82 Å². The number of aryl methyl sites for hydroxylation is 1. The molecule has 0 aliphatic carbocycles. The summed E-state index contributed by atoms with van der Waals surface area (Å²) in [4.78, 5) is 41.8. The van der Waals surface area contributed by atoms with Gasteiger partial charge in [-0.05, 0) is 31.2 Å². The number of benzene rings is 2. The molecule has 33 heavy (non-hydrogen) atoms. The number of amides is 1. The molecule has 9 heteroatoms. The molecule has 9 nitrogen and oxygen atoms in total. The summed E-state index contributed by atoms with van der Waals surface area (Å²) in [6.45, 7) is 1.70. The molecule has 0 atom stereocenters. The van der Waals surface area contributed by atoms with E-state index < -0.39 is 17.4 Å². The third-order valence-electron chi connectivity index (χ3n) is 4.91. The number of nitrogens with zero attached hydrogens (tertiary/aromatic N) is 3. The van der Waals surface area contributed by atoms with E-state index in [2.05, 4.69) is 15.5 Å². The number of ether oxygens (including phenoxy) is 1. The number of para-hydroxylation sites is 1. The summed E-state index contributed by atoms with van der Waals surface area (Å²) in [7, 11) is 1.26. The van der Waals surface area contributed by atoms with Crippen molar-refractivity contribution in [2.24, 2.45) is 0 Å². The second-order valence-corrected chi connectivity index (χ2v) is 7.23. The van der Waals surface area contributed by atoms with Gasteiger partial charge in [-0.25, -0.2) is 4.79 Å². The number of hydrogen-bond acceptors (Lipinski definition) is 7. The van der Waals surface area contributed by atoms with E-state index in [4.69, 9.17) is 9.26 Å². The highest BCUT2D eigenvalue weighted by atomic mass is 16.5. The van der Waals surface area contributed by atoms with E-state index in [1.807, 2.05) is 31.2 Å². The van der Waals surface area contributed by atoms with Gasteiger partial charge in [-0.2, -0.15) is 4.98 Å². The largest absolute Gasteiger partial charge is 0.465 e. The smallest absolute Gasteiger partial charge is 0.339 e. The van der Waals surface area contributed by atoms with Gasteiger partial charge in [0.1, 0.15) is 12.1 Å². The quantitative estimate of drug-likeness (QED) is 0.454. The number of methoxy groups -OCH3 is 1. The molecule has 0 aliphatic rings. The number of carbonyl (C=O) groups excluding carboxylic acids is 2. The Balaban J connectivity index is 1.55. The van der Waals surface area contributed by atoms with Crippen LogP contribution in [-0.4, -0.2) is 33.7 Å². The van der Waals surface area contributed by atoms with Crippen LogP contribution in [0.3, 0.4) is 0 Å². The number of pyridine rings is 1. The Hall–Kier alpha value is -4.53.